The molecule has 1 aromatic carbocycles. The van der Waals surface area contributed by atoms with Gasteiger partial charge in [-0.2, -0.15) is 0 Å². The third-order valence-electron chi connectivity index (χ3n) is 3.64. The second-order valence-electron chi connectivity index (χ2n) is 5.45. The van der Waals surface area contributed by atoms with Crippen LogP contribution in [-0.4, -0.2) is 35.7 Å². The molecule has 0 spiro atoms. The zero-order valence-corrected chi connectivity index (χ0v) is 14.8. The van der Waals surface area contributed by atoms with Gasteiger partial charge in [0.05, 0.1) is 13.3 Å². The van der Waals surface area contributed by atoms with Crippen LogP contribution >= 0.6 is 11.8 Å². The summed E-state index contributed by atoms with van der Waals surface area (Å²) in [5, 5.41) is 0.918. The number of thioether (sulfide) groups is 1. The maximum absolute atomic E-state index is 5.16. The van der Waals surface area contributed by atoms with Gasteiger partial charge in [0.25, 0.3) is 0 Å². The summed E-state index contributed by atoms with van der Waals surface area (Å²) in [5.74, 6) is 2.42. The van der Waals surface area contributed by atoms with Crippen LogP contribution in [0.15, 0.2) is 60.1 Å². The topological polar surface area (TPSA) is 43.2 Å². The van der Waals surface area contributed by atoms with Crippen molar-refractivity contribution in [3.05, 3.63) is 60.6 Å². The highest BCUT2D eigenvalue weighted by Crippen LogP contribution is 2.28. The van der Waals surface area contributed by atoms with Crippen LogP contribution in [0.4, 0.5) is 5.69 Å². The van der Waals surface area contributed by atoms with Gasteiger partial charge in [-0.15, -0.1) is 0 Å². The van der Waals surface area contributed by atoms with E-state index < -0.39 is 0 Å². The molecule has 0 N–H and O–H groups in total. The molecule has 24 heavy (non-hydrogen) atoms. The van der Waals surface area contributed by atoms with Crippen molar-refractivity contribution in [2.24, 2.45) is 0 Å². The van der Waals surface area contributed by atoms with Crippen LogP contribution in [0.2, 0.25) is 0 Å². The van der Waals surface area contributed by atoms with E-state index in [1.54, 1.807) is 31.3 Å². The summed E-state index contributed by atoms with van der Waals surface area (Å²) in [7, 11) is 5.76. The lowest BCUT2D eigenvalue weighted by molar-refractivity contribution is 0.412. The number of methoxy groups -OCH3 is 1. The third kappa shape index (κ3) is 3.54. The monoisotopic (exact) mass is 340 g/mol. The Hall–Kier alpha value is -2.47. The number of pyridine rings is 1. The first-order chi connectivity index (χ1) is 11.7. The van der Waals surface area contributed by atoms with Gasteiger partial charge in [-0.3, -0.25) is 4.57 Å². The molecule has 0 bridgehead atoms. The van der Waals surface area contributed by atoms with Crippen molar-refractivity contribution in [2.75, 3.05) is 26.1 Å². The summed E-state index contributed by atoms with van der Waals surface area (Å²) in [6.45, 7) is 0. The van der Waals surface area contributed by atoms with E-state index in [-0.39, 0.29) is 0 Å². The van der Waals surface area contributed by atoms with E-state index in [1.807, 2.05) is 22.9 Å². The molecule has 0 aliphatic carbocycles. The van der Waals surface area contributed by atoms with Crippen LogP contribution < -0.4 is 9.64 Å². The van der Waals surface area contributed by atoms with Crippen molar-refractivity contribution in [1.82, 2.24) is 14.5 Å². The molecule has 0 unspecified atom stereocenters. The van der Waals surface area contributed by atoms with Crippen LogP contribution in [0.1, 0.15) is 5.56 Å². The first-order valence-corrected chi connectivity index (χ1v) is 8.59. The number of para-hydroxylation sites is 1. The van der Waals surface area contributed by atoms with Crippen LogP contribution in [-0.2, 0) is 5.75 Å². The molecule has 5 nitrogen and oxygen atoms in total. The van der Waals surface area contributed by atoms with E-state index in [2.05, 4.69) is 53.2 Å². The first kappa shape index (κ1) is 16.4. The number of ether oxygens (including phenoxy) is 1. The van der Waals surface area contributed by atoms with E-state index >= 15 is 0 Å². The average Bonchev–Trinajstić information content (AvgIpc) is 3.08. The Morgan fingerprint density at radius 2 is 1.96 bits per heavy atom. The molecule has 0 saturated heterocycles. The Morgan fingerprint density at radius 3 is 2.67 bits per heavy atom. The Kier molecular flexibility index (Phi) is 5.05. The van der Waals surface area contributed by atoms with Crippen molar-refractivity contribution in [1.29, 1.82) is 0 Å². The molecule has 2 aromatic heterocycles. The highest BCUT2D eigenvalue weighted by molar-refractivity contribution is 7.98. The summed E-state index contributed by atoms with van der Waals surface area (Å²) in [5.41, 5.74) is 2.51. The molecule has 0 amide bonds. The Balaban J connectivity index is 1.79. The minimum atomic E-state index is 0.743. The fourth-order valence-electron chi connectivity index (χ4n) is 2.42. The second-order valence-corrected chi connectivity index (χ2v) is 6.39. The average molecular weight is 340 g/mol. The fraction of sp³-hybridized carbons (Fsp3) is 0.222. The number of rotatable bonds is 6. The van der Waals surface area contributed by atoms with Crippen molar-refractivity contribution < 1.29 is 4.74 Å². The van der Waals surface area contributed by atoms with E-state index in [9.17, 15) is 0 Å². The number of benzene rings is 1. The van der Waals surface area contributed by atoms with Crippen molar-refractivity contribution in [3.8, 4) is 11.6 Å². The third-order valence-corrected chi connectivity index (χ3v) is 4.66. The smallest absolute Gasteiger partial charge is 0.174 e. The van der Waals surface area contributed by atoms with Crippen molar-refractivity contribution >= 4 is 17.4 Å². The lowest BCUT2D eigenvalue weighted by Crippen LogP contribution is -2.10. The molecule has 0 saturated carbocycles. The van der Waals surface area contributed by atoms with Gasteiger partial charge in [-0.25, -0.2) is 9.97 Å². The molecule has 3 aromatic rings. The fourth-order valence-corrected chi connectivity index (χ4v) is 3.38. The van der Waals surface area contributed by atoms with E-state index in [0.717, 1.165) is 22.5 Å². The molecular weight excluding hydrogens is 320 g/mol. The molecule has 0 aliphatic heterocycles. The maximum atomic E-state index is 5.16. The van der Waals surface area contributed by atoms with Gasteiger partial charge < -0.3 is 9.64 Å². The van der Waals surface area contributed by atoms with Gasteiger partial charge in [-0.05, 0) is 23.8 Å². The second kappa shape index (κ2) is 7.40. The minimum Gasteiger partial charge on any atom is -0.495 e. The van der Waals surface area contributed by atoms with Crippen molar-refractivity contribution in [3.63, 3.8) is 0 Å². The standard InChI is InChI=1S/C18H20N4OS/c1-21(2)16-7-5-4-6-14(16)13-24-18-19-10-11-22(18)17-9-8-15(23-3)12-20-17/h4-12H,13H2,1-3H3. The Morgan fingerprint density at radius 1 is 1.12 bits per heavy atom. The molecule has 3 rings (SSSR count). The molecule has 0 atom stereocenters. The number of hydrogen-bond acceptors (Lipinski definition) is 5. The molecule has 0 radical (unpaired) electrons. The molecule has 6 heteroatoms. The normalized spacial score (nSPS) is 10.6. The number of hydrogen-bond donors (Lipinski definition) is 0. The lowest BCUT2D eigenvalue weighted by Gasteiger charge is -2.17. The summed E-state index contributed by atoms with van der Waals surface area (Å²) in [6.07, 6.45) is 5.44. The molecule has 0 fully saturated rings. The lowest BCUT2D eigenvalue weighted by atomic mass is 10.2. The Labute approximate surface area is 146 Å². The zero-order valence-electron chi connectivity index (χ0n) is 14.0. The van der Waals surface area contributed by atoms with Gasteiger partial charge in [-0.1, -0.05) is 30.0 Å². The van der Waals surface area contributed by atoms with Gasteiger partial charge in [0.1, 0.15) is 11.6 Å². The first-order valence-electron chi connectivity index (χ1n) is 7.61. The molecule has 2 heterocycles. The van der Waals surface area contributed by atoms with E-state index in [0.29, 0.717) is 0 Å². The highest BCUT2D eigenvalue weighted by Gasteiger charge is 2.10. The van der Waals surface area contributed by atoms with Crippen molar-refractivity contribution in [2.45, 2.75) is 10.9 Å². The van der Waals surface area contributed by atoms with Gasteiger partial charge >= 0.3 is 0 Å². The number of aromatic nitrogens is 3. The van der Waals surface area contributed by atoms with Crippen LogP contribution in [0.25, 0.3) is 5.82 Å². The predicted octanol–water partition coefficient (Wildman–Crippen LogP) is 3.63. The zero-order chi connectivity index (χ0) is 16.9. The predicted molar refractivity (Wildman–Crippen MR) is 98.2 cm³/mol. The summed E-state index contributed by atoms with van der Waals surface area (Å²) in [4.78, 5) is 11.0. The number of anilines is 1. The van der Waals surface area contributed by atoms with E-state index in [4.69, 9.17) is 4.74 Å². The SMILES string of the molecule is COc1ccc(-n2ccnc2SCc2ccccc2N(C)C)nc1. The van der Waals surface area contributed by atoms with E-state index in [1.165, 1.54) is 11.3 Å². The molecular formula is C18H20N4OS. The molecule has 124 valence electrons. The van der Waals surface area contributed by atoms with Crippen LogP contribution in [0.3, 0.4) is 0 Å². The van der Waals surface area contributed by atoms with Crippen LogP contribution in [0, 0.1) is 0 Å². The summed E-state index contributed by atoms with van der Waals surface area (Å²) in [6, 6.07) is 12.2. The Bertz CT molecular complexity index is 799. The number of imidazole rings is 1. The highest BCUT2D eigenvalue weighted by atomic mass is 32.2. The van der Waals surface area contributed by atoms with Gasteiger partial charge in [0, 0.05) is 37.9 Å². The molecule has 0 aliphatic rings. The van der Waals surface area contributed by atoms with Gasteiger partial charge in [0.2, 0.25) is 0 Å². The van der Waals surface area contributed by atoms with Crippen LogP contribution in [0.5, 0.6) is 5.75 Å². The maximum Gasteiger partial charge on any atom is 0.174 e. The minimum absolute atomic E-state index is 0.743. The largest absolute Gasteiger partial charge is 0.495 e. The quantitative estimate of drug-likeness (QED) is 0.641. The summed E-state index contributed by atoms with van der Waals surface area (Å²) < 4.78 is 7.15. The summed E-state index contributed by atoms with van der Waals surface area (Å²) >= 11 is 1.70. The number of nitrogens with zero attached hydrogens (tertiary/aromatic N) is 4. The van der Waals surface area contributed by atoms with Gasteiger partial charge in [0.15, 0.2) is 5.16 Å².